The Morgan fingerprint density at radius 2 is 1.85 bits per heavy atom. The van der Waals surface area contributed by atoms with Gasteiger partial charge in [-0.3, -0.25) is 4.79 Å². The largest absolute Gasteiger partial charge is 0.490 e. The van der Waals surface area contributed by atoms with E-state index in [9.17, 15) is 10.1 Å². The number of rotatable bonds is 7. The van der Waals surface area contributed by atoms with Crippen LogP contribution in [0.4, 0.5) is 0 Å². The Morgan fingerprint density at radius 3 is 2.46 bits per heavy atom. The highest BCUT2D eigenvalue weighted by atomic mass is 16.5. The van der Waals surface area contributed by atoms with Gasteiger partial charge < -0.3 is 14.4 Å². The third-order valence-corrected chi connectivity index (χ3v) is 3.57. The highest BCUT2D eigenvalue weighted by molar-refractivity contribution is 6.01. The predicted octanol–water partition coefficient (Wildman–Crippen LogP) is 3.66. The molecule has 0 aliphatic heterocycles. The van der Waals surface area contributed by atoms with Crippen molar-refractivity contribution in [3.8, 4) is 17.6 Å². The molecule has 0 aromatic heterocycles. The molecule has 0 N–H and O–H groups in total. The van der Waals surface area contributed by atoms with Crippen LogP contribution in [0.1, 0.15) is 18.1 Å². The molecule has 0 bridgehead atoms. The summed E-state index contributed by atoms with van der Waals surface area (Å²) in [4.78, 5) is 13.4. The number of hydrogen-bond acceptors (Lipinski definition) is 4. The third kappa shape index (κ3) is 5.12. The van der Waals surface area contributed by atoms with Crippen LogP contribution in [-0.2, 0) is 11.4 Å². The number of carbonyl (C=O) groups is 1. The van der Waals surface area contributed by atoms with E-state index in [1.54, 1.807) is 38.4 Å². The molecule has 2 aromatic carbocycles. The van der Waals surface area contributed by atoms with Crippen molar-refractivity contribution in [3.63, 3.8) is 0 Å². The molecule has 0 spiro atoms. The average Bonchev–Trinajstić information content (AvgIpc) is 2.66. The molecule has 5 heteroatoms. The zero-order chi connectivity index (χ0) is 18.9. The molecule has 0 atom stereocenters. The number of ether oxygens (including phenoxy) is 2. The van der Waals surface area contributed by atoms with E-state index in [1.165, 1.54) is 4.90 Å². The lowest BCUT2D eigenvalue weighted by atomic mass is 10.1. The lowest BCUT2D eigenvalue weighted by Gasteiger charge is -2.13. The first kappa shape index (κ1) is 19.1. The Kier molecular flexibility index (Phi) is 6.81. The van der Waals surface area contributed by atoms with Crippen molar-refractivity contribution in [2.24, 2.45) is 0 Å². The fraction of sp³-hybridized carbons (Fsp3) is 0.238. The van der Waals surface area contributed by atoms with Crippen LogP contribution in [0.5, 0.6) is 11.5 Å². The van der Waals surface area contributed by atoms with Gasteiger partial charge in [0.2, 0.25) is 0 Å². The molecule has 134 valence electrons. The highest BCUT2D eigenvalue weighted by Gasteiger charge is 2.12. The number of benzene rings is 2. The Balaban J connectivity index is 2.25. The molecule has 1 amide bonds. The Hall–Kier alpha value is -3.26. The summed E-state index contributed by atoms with van der Waals surface area (Å²) in [6, 6.07) is 17.1. The molecule has 0 fully saturated rings. The van der Waals surface area contributed by atoms with Crippen molar-refractivity contribution in [1.29, 1.82) is 5.26 Å². The van der Waals surface area contributed by atoms with Gasteiger partial charge in [0.1, 0.15) is 18.2 Å². The van der Waals surface area contributed by atoms with E-state index < -0.39 is 0 Å². The van der Waals surface area contributed by atoms with Gasteiger partial charge in [-0.05, 0) is 36.3 Å². The van der Waals surface area contributed by atoms with Gasteiger partial charge >= 0.3 is 0 Å². The zero-order valence-electron chi connectivity index (χ0n) is 15.2. The summed E-state index contributed by atoms with van der Waals surface area (Å²) in [6.45, 7) is 2.80. The van der Waals surface area contributed by atoms with Crippen molar-refractivity contribution >= 4 is 12.0 Å². The SMILES string of the molecule is CCOc1cc(/C=C(/C#N)C(=O)N(C)C)ccc1OCc1ccccc1. The molecule has 0 saturated carbocycles. The summed E-state index contributed by atoms with van der Waals surface area (Å²) in [5, 5.41) is 9.22. The summed E-state index contributed by atoms with van der Waals surface area (Å²) in [7, 11) is 3.22. The van der Waals surface area contributed by atoms with E-state index >= 15 is 0 Å². The topological polar surface area (TPSA) is 62.6 Å². The quantitative estimate of drug-likeness (QED) is 0.565. The Bertz CT molecular complexity index is 821. The minimum absolute atomic E-state index is 0.0652. The summed E-state index contributed by atoms with van der Waals surface area (Å²) in [5.74, 6) is 0.854. The van der Waals surface area contributed by atoms with Crippen molar-refractivity contribution in [2.75, 3.05) is 20.7 Å². The predicted molar refractivity (Wildman–Crippen MR) is 101 cm³/mol. The van der Waals surface area contributed by atoms with Crippen LogP contribution in [0, 0.1) is 11.3 Å². The molecular weight excluding hydrogens is 328 g/mol. The molecule has 2 rings (SSSR count). The smallest absolute Gasteiger partial charge is 0.264 e. The number of nitriles is 1. The molecule has 5 nitrogen and oxygen atoms in total. The number of carbonyl (C=O) groups excluding carboxylic acids is 1. The maximum absolute atomic E-state index is 12.0. The first-order chi connectivity index (χ1) is 12.5. The Labute approximate surface area is 154 Å². The highest BCUT2D eigenvalue weighted by Crippen LogP contribution is 2.30. The van der Waals surface area contributed by atoms with Crippen LogP contribution in [0.15, 0.2) is 54.1 Å². The minimum Gasteiger partial charge on any atom is -0.490 e. The normalized spacial score (nSPS) is 10.8. The molecule has 0 saturated heterocycles. The molecule has 0 radical (unpaired) electrons. The van der Waals surface area contributed by atoms with Crippen LogP contribution < -0.4 is 9.47 Å². The van der Waals surface area contributed by atoms with Gasteiger partial charge in [-0.25, -0.2) is 0 Å². The average molecular weight is 350 g/mol. The van der Waals surface area contributed by atoms with Crippen molar-refractivity contribution in [3.05, 3.63) is 65.2 Å². The zero-order valence-corrected chi connectivity index (χ0v) is 15.2. The third-order valence-electron chi connectivity index (χ3n) is 3.57. The van der Waals surface area contributed by atoms with Crippen LogP contribution in [-0.4, -0.2) is 31.5 Å². The molecular formula is C21H22N2O3. The van der Waals surface area contributed by atoms with Gasteiger partial charge in [0.25, 0.3) is 5.91 Å². The van der Waals surface area contributed by atoms with Gasteiger partial charge in [0, 0.05) is 14.1 Å². The summed E-state index contributed by atoms with van der Waals surface area (Å²) in [5.41, 5.74) is 1.82. The summed E-state index contributed by atoms with van der Waals surface area (Å²) < 4.78 is 11.5. The number of likely N-dealkylation sites (N-methyl/N-ethyl adjacent to an activating group) is 1. The molecule has 0 aliphatic rings. The fourth-order valence-electron chi connectivity index (χ4n) is 2.29. The molecule has 0 heterocycles. The first-order valence-electron chi connectivity index (χ1n) is 8.32. The Morgan fingerprint density at radius 1 is 1.12 bits per heavy atom. The van der Waals surface area contributed by atoms with E-state index in [4.69, 9.17) is 9.47 Å². The van der Waals surface area contributed by atoms with Crippen LogP contribution >= 0.6 is 0 Å². The number of nitrogens with zero attached hydrogens (tertiary/aromatic N) is 2. The van der Waals surface area contributed by atoms with E-state index in [1.807, 2.05) is 43.3 Å². The second-order valence-electron chi connectivity index (χ2n) is 5.78. The van der Waals surface area contributed by atoms with Crippen LogP contribution in [0.25, 0.3) is 6.08 Å². The van der Waals surface area contributed by atoms with Gasteiger partial charge in [0.05, 0.1) is 6.61 Å². The van der Waals surface area contributed by atoms with Crippen molar-refractivity contribution in [2.45, 2.75) is 13.5 Å². The lowest BCUT2D eigenvalue weighted by Crippen LogP contribution is -2.22. The van der Waals surface area contributed by atoms with Crippen LogP contribution in [0.2, 0.25) is 0 Å². The van der Waals surface area contributed by atoms with E-state index in [0.29, 0.717) is 30.3 Å². The number of amides is 1. The van der Waals surface area contributed by atoms with Gasteiger partial charge in [0.15, 0.2) is 11.5 Å². The maximum atomic E-state index is 12.0. The number of hydrogen-bond donors (Lipinski definition) is 0. The fourth-order valence-corrected chi connectivity index (χ4v) is 2.29. The second kappa shape index (κ2) is 9.28. The van der Waals surface area contributed by atoms with Crippen LogP contribution in [0.3, 0.4) is 0 Å². The standard InChI is InChI=1S/C21H22N2O3/c1-4-25-20-13-17(12-18(14-22)21(24)23(2)3)10-11-19(20)26-15-16-8-6-5-7-9-16/h5-13H,4,15H2,1-3H3/b18-12-. The molecule has 26 heavy (non-hydrogen) atoms. The maximum Gasteiger partial charge on any atom is 0.264 e. The monoisotopic (exact) mass is 350 g/mol. The molecule has 0 unspecified atom stereocenters. The van der Waals surface area contributed by atoms with E-state index in [0.717, 1.165) is 5.56 Å². The van der Waals surface area contributed by atoms with E-state index in [2.05, 4.69) is 0 Å². The second-order valence-corrected chi connectivity index (χ2v) is 5.78. The lowest BCUT2D eigenvalue weighted by molar-refractivity contribution is -0.124. The first-order valence-corrected chi connectivity index (χ1v) is 8.32. The minimum atomic E-state index is -0.338. The molecule has 0 aliphatic carbocycles. The summed E-state index contributed by atoms with van der Waals surface area (Å²) in [6.07, 6.45) is 1.55. The van der Waals surface area contributed by atoms with Gasteiger partial charge in [-0.15, -0.1) is 0 Å². The van der Waals surface area contributed by atoms with Gasteiger partial charge in [-0.2, -0.15) is 5.26 Å². The van der Waals surface area contributed by atoms with Crippen molar-refractivity contribution < 1.29 is 14.3 Å². The van der Waals surface area contributed by atoms with E-state index in [-0.39, 0.29) is 11.5 Å². The summed E-state index contributed by atoms with van der Waals surface area (Å²) >= 11 is 0. The van der Waals surface area contributed by atoms with Gasteiger partial charge in [-0.1, -0.05) is 36.4 Å². The molecule has 2 aromatic rings. The van der Waals surface area contributed by atoms with Crippen molar-refractivity contribution in [1.82, 2.24) is 4.90 Å².